The van der Waals surface area contributed by atoms with Gasteiger partial charge in [-0.25, -0.2) is 0 Å². The lowest BCUT2D eigenvalue weighted by atomic mass is 10.1. The summed E-state index contributed by atoms with van der Waals surface area (Å²) in [6.45, 7) is 1.78. The molecule has 2 amide bonds. The number of furan rings is 1. The number of carbonyl (C=O) groups excluding carboxylic acids is 2. The second-order valence-corrected chi connectivity index (χ2v) is 7.18. The van der Waals surface area contributed by atoms with Crippen molar-refractivity contribution < 1.29 is 27.2 Å². The molecule has 0 radical (unpaired) electrons. The van der Waals surface area contributed by atoms with Gasteiger partial charge in [0.2, 0.25) is 11.8 Å². The molecule has 1 fully saturated rings. The van der Waals surface area contributed by atoms with E-state index in [-0.39, 0.29) is 17.3 Å². The van der Waals surface area contributed by atoms with Crippen molar-refractivity contribution >= 4 is 40.6 Å². The normalized spacial score (nSPS) is 18.4. The van der Waals surface area contributed by atoms with Crippen LogP contribution in [0.5, 0.6) is 0 Å². The van der Waals surface area contributed by atoms with Crippen molar-refractivity contribution in [2.45, 2.75) is 24.8 Å². The van der Waals surface area contributed by atoms with E-state index < -0.39 is 28.8 Å². The fourth-order valence-electron chi connectivity index (χ4n) is 2.46. The summed E-state index contributed by atoms with van der Waals surface area (Å²) in [5.41, 5.74) is -1.32. The van der Waals surface area contributed by atoms with Gasteiger partial charge in [0, 0.05) is 6.42 Å². The Hall–Kier alpha value is -3.08. The predicted molar refractivity (Wildman–Crippen MR) is 103 cm³/mol. The first-order valence-corrected chi connectivity index (χ1v) is 9.21. The van der Waals surface area contributed by atoms with Gasteiger partial charge in [-0.05, 0) is 31.2 Å². The van der Waals surface area contributed by atoms with Gasteiger partial charge >= 0.3 is 6.18 Å². The first kappa shape index (κ1) is 20.6. The van der Waals surface area contributed by atoms with Crippen LogP contribution in [-0.2, 0) is 15.8 Å². The number of rotatable bonds is 5. The van der Waals surface area contributed by atoms with Crippen molar-refractivity contribution in [3.63, 3.8) is 0 Å². The van der Waals surface area contributed by atoms with Crippen molar-refractivity contribution in [1.82, 2.24) is 5.32 Å². The van der Waals surface area contributed by atoms with Gasteiger partial charge in [0.1, 0.15) is 16.8 Å². The Kier molecular flexibility index (Phi) is 6.06. The highest BCUT2D eigenvalue weighted by Crippen LogP contribution is 2.34. The van der Waals surface area contributed by atoms with E-state index in [1.54, 1.807) is 19.1 Å². The molecule has 0 aliphatic carbocycles. The zero-order valence-corrected chi connectivity index (χ0v) is 15.8. The van der Waals surface area contributed by atoms with Crippen LogP contribution >= 0.6 is 11.8 Å². The molecule has 2 aromatic rings. The summed E-state index contributed by atoms with van der Waals surface area (Å²) < 4.78 is 44.3. The SMILES string of the molecule is Cc1ccc(C=NN=C2NC(=O)C(CC(=O)Nc3ccccc3C(F)(F)F)S2)o1. The third-order valence-electron chi connectivity index (χ3n) is 3.75. The van der Waals surface area contributed by atoms with Gasteiger partial charge in [-0.15, -0.1) is 5.10 Å². The summed E-state index contributed by atoms with van der Waals surface area (Å²) in [6, 6.07) is 8.09. The van der Waals surface area contributed by atoms with Crippen LogP contribution in [0.3, 0.4) is 0 Å². The van der Waals surface area contributed by atoms with Crippen molar-refractivity contribution in [1.29, 1.82) is 0 Å². The highest BCUT2D eigenvalue weighted by molar-refractivity contribution is 8.15. The molecule has 0 saturated carbocycles. The van der Waals surface area contributed by atoms with E-state index in [4.69, 9.17) is 4.42 Å². The fourth-order valence-corrected chi connectivity index (χ4v) is 3.38. The zero-order valence-electron chi connectivity index (χ0n) is 15.0. The third kappa shape index (κ3) is 5.47. The average Bonchev–Trinajstić information content (AvgIpc) is 3.20. The minimum Gasteiger partial charge on any atom is -0.460 e. The number of halogens is 3. The molecule has 2 heterocycles. The van der Waals surface area contributed by atoms with Crippen molar-refractivity contribution in [2.75, 3.05) is 5.32 Å². The Morgan fingerprint density at radius 1 is 1.31 bits per heavy atom. The number of anilines is 1. The second-order valence-electron chi connectivity index (χ2n) is 5.99. The number of hydrogen-bond donors (Lipinski definition) is 2. The Morgan fingerprint density at radius 2 is 2.07 bits per heavy atom. The molecule has 1 unspecified atom stereocenters. The molecule has 7 nitrogen and oxygen atoms in total. The molecule has 1 aliphatic heterocycles. The van der Waals surface area contributed by atoms with Crippen LogP contribution in [0.25, 0.3) is 0 Å². The number of benzene rings is 1. The summed E-state index contributed by atoms with van der Waals surface area (Å²) in [5.74, 6) is 0.00321. The topological polar surface area (TPSA) is 96.1 Å². The summed E-state index contributed by atoms with van der Waals surface area (Å²) in [7, 11) is 0. The van der Waals surface area contributed by atoms with E-state index in [0.717, 1.165) is 23.9 Å². The second kappa shape index (κ2) is 8.52. The smallest absolute Gasteiger partial charge is 0.418 e. The van der Waals surface area contributed by atoms with Crippen molar-refractivity contribution in [2.24, 2.45) is 10.2 Å². The maximum atomic E-state index is 13.0. The Labute approximate surface area is 167 Å². The van der Waals surface area contributed by atoms with Crippen LogP contribution in [0.4, 0.5) is 18.9 Å². The number of thioether (sulfide) groups is 1. The third-order valence-corrected chi connectivity index (χ3v) is 4.82. The molecular formula is C18H15F3N4O3S. The zero-order chi connectivity index (χ0) is 21.0. The molecule has 0 spiro atoms. The largest absolute Gasteiger partial charge is 0.460 e. The van der Waals surface area contributed by atoms with Crippen LogP contribution in [0.1, 0.15) is 23.5 Å². The molecule has 2 N–H and O–H groups in total. The molecule has 1 aromatic heterocycles. The highest BCUT2D eigenvalue weighted by Gasteiger charge is 2.35. The lowest BCUT2D eigenvalue weighted by Crippen LogP contribution is -2.28. The van der Waals surface area contributed by atoms with E-state index in [1.165, 1.54) is 18.3 Å². The van der Waals surface area contributed by atoms with E-state index in [1.807, 2.05) is 0 Å². The minimum atomic E-state index is -4.60. The lowest BCUT2D eigenvalue weighted by molar-refractivity contribution is -0.137. The number of alkyl halides is 3. The first-order chi connectivity index (χ1) is 13.7. The number of amides is 2. The average molecular weight is 424 g/mol. The van der Waals surface area contributed by atoms with Crippen LogP contribution in [0.2, 0.25) is 0 Å². The molecule has 29 heavy (non-hydrogen) atoms. The minimum absolute atomic E-state index is 0.183. The number of aryl methyl sites for hydroxylation is 1. The maximum absolute atomic E-state index is 13.0. The Balaban J connectivity index is 1.60. The lowest BCUT2D eigenvalue weighted by Gasteiger charge is -2.14. The Bertz CT molecular complexity index is 985. The van der Waals surface area contributed by atoms with Crippen molar-refractivity contribution in [3.05, 3.63) is 53.5 Å². The van der Waals surface area contributed by atoms with Crippen molar-refractivity contribution in [3.8, 4) is 0 Å². The summed E-state index contributed by atoms with van der Waals surface area (Å²) in [5, 5.41) is 11.7. The van der Waals surface area contributed by atoms with E-state index >= 15 is 0 Å². The van der Waals surface area contributed by atoms with Gasteiger partial charge < -0.3 is 15.1 Å². The molecule has 11 heteroatoms. The maximum Gasteiger partial charge on any atom is 0.418 e. The molecule has 0 bridgehead atoms. The van der Waals surface area contributed by atoms with E-state index in [9.17, 15) is 22.8 Å². The number of carbonyl (C=O) groups is 2. The molecular weight excluding hydrogens is 409 g/mol. The van der Waals surface area contributed by atoms with Gasteiger partial charge in [-0.3, -0.25) is 9.59 Å². The van der Waals surface area contributed by atoms with Crippen LogP contribution in [0.15, 0.2) is 51.0 Å². The van der Waals surface area contributed by atoms with Gasteiger partial charge in [0.15, 0.2) is 5.17 Å². The van der Waals surface area contributed by atoms with Gasteiger partial charge in [0.25, 0.3) is 0 Å². The molecule has 1 aromatic carbocycles. The van der Waals surface area contributed by atoms with Gasteiger partial charge in [-0.2, -0.15) is 18.3 Å². The fraction of sp³-hybridized carbons (Fsp3) is 0.222. The highest BCUT2D eigenvalue weighted by atomic mass is 32.2. The predicted octanol–water partition coefficient (Wildman–Crippen LogP) is 3.56. The molecule has 1 saturated heterocycles. The summed E-state index contributed by atoms with van der Waals surface area (Å²) in [4.78, 5) is 24.1. The van der Waals surface area contributed by atoms with E-state index in [2.05, 4.69) is 20.8 Å². The Morgan fingerprint density at radius 3 is 2.76 bits per heavy atom. The van der Waals surface area contributed by atoms with E-state index in [0.29, 0.717) is 11.5 Å². The van der Waals surface area contributed by atoms with Crippen LogP contribution in [-0.4, -0.2) is 28.4 Å². The number of hydrogen-bond acceptors (Lipinski definition) is 6. The summed E-state index contributed by atoms with van der Waals surface area (Å²) in [6.07, 6.45) is -3.56. The molecule has 1 aliphatic rings. The van der Waals surface area contributed by atoms with Crippen LogP contribution in [0, 0.1) is 6.92 Å². The van der Waals surface area contributed by atoms with Crippen LogP contribution < -0.4 is 10.6 Å². The number of nitrogens with one attached hydrogen (secondary N) is 2. The summed E-state index contributed by atoms with van der Waals surface area (Å²) >= 11 is 0.970. The first-order valence-electron chi connectivity index (χ1n) is 8.33. The monoisotopic (exact) mass is 424 g/mol. The van der Waals surface area contributed by atoms with Gasteiger partial charge in [0.05, 0.1) is 17.5 Å². The number of nitrogens with zero attached hydrogens (tertiary/aromatic N) is 2. The molecule has 152 valence electrons. The standard InChI is InChI=1S/C18H15F3N4O3S/c1-10-6-7-11(28-10)9-22-25-17-24-16(27)14(29-17)8-15(26)23-13-5-3-2-4-12(13)18(19,20)21/h2-7,9,14H,8H2,1H3,(H,23,26)(H,24,25,27). The molecule has 1 atom stereocenters. The number of amidine groups is 1. The quantitative estimate of drug-likeness (QED) is 0.567. The number of para-hydroxylation sites is 1. The molecule has 3 rings (SSSR count). The van der Waals surface area contributed by atoms with Gasteiger partial charge in [-0.1, -0.05) is 23.9 Å².